The summed E-state index contributed by atoms with van der Waals surface area (Å²) in [5.41, 5.74) is 0.604. The maximum Gasteiger partial charge on any atom is 0.183 e. The molecule has 1 atom stereocenters. The first-order chi connectivity index (χ1) is 10.4. The van der Waals surface area contributed by atoms with E-state index in [1.807, 2.05) is 19.3 Å². The highest BCUT2D eigenvalue weighted by Gasteiger charge is 2.40. The molecule has 2 aromatic rings. The fraction of sp³-hybridized carbons (Fsp3) is 0.571. The molecule has 0 amide bonds. The third-order valence-electron chi connectivity index (χ3n) is 4.02. The lowest BCUT2D eigenvalue weighted by Gasteiger charge is -2.22. The van der Waals surface area contributed by atoms with Crippen molar-refractivity contribution in [3.8, 4) is 0 Å². The highest BCUT2D eigenvalue weighted by Crippen LogP contribution is 2.30. The second-order valence-corrected chi connectivity index (χ2v) is 9.27. The van der Waals surface area contributed by atoms with Gasteiger partial charge in [0.05, 0.1) is 23.2 Å². The van der Waals surface area contributed by atoms with Gasteiger partial charge in [-0.2, -0.15) is 5.10 Å². The van der Waals surface area contributed by atoms with E-state index in [1.54, 1.807) is 22.2 Å². The highest BCUT2D eigenvalue weighted by molar-refractivity contribution is 7.91. The molecule has 1 N–H and O–H groups in total. The maximum atomic E-state index is 11.7. The lowest BCUT2D eigenvalue weighted by atomic mass is 10.0. The normalized spacial score (nSPS) is 23.7. The molecule has 0 aliphatic carbocycles. The third-order valence-corrected chi connectivity index (χ3v) is 7.00. The minimum Gasteiger partial charge on any atom is -0.357 e. The summed E-state index contributed by atoms with van der Waals surface area (Å²) in [7, 11) is -2.93. The van der Waals surface area contributed by atoms with Gasteiger partial charge in [0, 0.05) is 29.4 Å². The van der Waals surface area contributed by atoms with Crippen molar-refractivity contribution in [1.29, 1.82) is 0 Å². The third kappa shape index (κ3) is 3.17. The fourth-order valence-electron chi connectivity index (χ4n) is 2.65. The van der Waals surface area contributed by atoms with E-state index in [0.29, 0.717) is 13.0 Å². The number of aromatic nitrogens is 3. The molecule has 1 aliphatic heterocycles. The van der Waals surface area contributed by atoms with Crippen molar-refractivity contribution in [1.82, 2.24) is 14.8 Å². The average Bonchev–Trinajstić information content (AvgIpc) is 3.16. The van der Waals surface area contributed by atoms with Gasteiger partial charge in [-0.25, -0.2) is 13.4 Å². The number of hydrogen-bond acceptors (Lipinski definition) is 6. The number of hydrogen-bond donors (Lipinski definition) is 1. The molecule has 0 spiro atoms. The second-order valence-electron chi connectivity index (χ2n) is 5.97. The van der Waals surface area contributed by atoms with Crippen LogP contribution in [0.5, 0.6) is 0 Å². The van der Waals surface area contributed by atoms with Gasteiger partial charge in [-0.1, -0.05) is 6.92 Å². The van der Waals surface area contributed by atoms with Gasteiger partial charge in [0.1, 0.15) is 0 Å². The number of aryl methyl sites for hydroxylation is 1. The van der Waals surface area contributed by atoms with Crippen LogP contribution in [0, 0.1) is 0 Å². The smallest absolute Gasteiger partial charge is 0.183 e. The van der Waals surface area contributed by atoms with Crippen LogP contribution in [0.2, 0.25) is 0 Å². The Bertz CT molecular complexity index is 765. The zero-order valence-electron chi connectivity index (χ0n) is 12.7. The number of anilines is 1. The lowest BCUT2D eigenvalue weighted by molar-refractivity contribution is 0.328. The first kappa shape index (κ1) is 15.5. The van der Waals surface area contributed by atoms with Gasteiger partial charge in [0.25, 0.3) is 0 Å². The molecule has 0 saturated carbocycles. The molecule has 0 aromatic carbocycles. The minimum absolute atomic E-state index is 0.168. The van der Waals surface area contributed by atoms with E-state index in [2.05, 4.69) is 22.3 Å². The van der Waals surface area contributed by atoms with Crippen molar-refractivity contribution in [3.63, 3.8) is 0 Å². The van der Waals surface area contributed by atoms with E-state index in [0.717, 1.165) is 17.1 Å². The molecule has 1 fully saturated rings. The Morgan fingerprint density at radius 1 is 1.45 bits per heavy atom. The summed E-state index contributed by atoms with van der Waals surface area (Å²) in [4.78, 5) is 5.57. The molecule has 3 rings (SSSR count). The van der Waals surface area contributed by atoms with Crippen LogP contribution in [0.25, 0.3) is 0 Å². The summed E-state index contributed by atoms with van der Waals surface area (Å²) in [5, 5.41) is 8.55. The molecule has 1 aliphatic rings. The van der Waals surface area contributed by atoms with E-state index >= 15 is 0 Å². The minimum atomic E-state index is -2.93. The van der Waals surface area contributed by atoms with Crippen molar-refractivity contribution in [2.45, 2.75) is 38.8 Å². The maximum absolute atomic E-state index is 11.7. The van der Waals surface area contributed by atoms with E-state index in [9.17, 15) is 8.42 Å². The summed E-state index contributed by atoms with van der Waals surface area (Å²) in [5.74, 6) is 0.413. The Morgan fingerprint density at radius 3 is 2.91 bits per heavy atom. The fourth-order valence-corrected chi connectivity index (χ4v) is 5.52. The predicted molar refractivity (Wildman–Crippen MR) is 88.0 cm³/mol. The number of nitrogens with one attached hydrogen (secondary N) is 1. The lowest BCUT2D eigenvalue weighted by Crippen LogP contribution is -2.31. The molecular formula is C14H20N4O2S2. The van der Waals surface area contributed by atoms with E-state index in [4.69, 9.17) is 0 Å². The summed E-state index contributed by atoms with van der Waals surface area (Å²) in [6, 6.07) is 0. The van der Waals surface area contributed by atoms with Crippen LogP contribution < -0.4 is 5.32 Å². The van der Waals surface area contributed by atoms with Crippen LogP contribution in [-0.4, -0.2) is 34.7 Å². The molecule has 6 nitrogen and oxygen atoms in total. The number of sulfone groups is 1. The van der Waals surface area contributed by atoms with Gasteiger partial charge in [-0.05, 0) is 19.8 Å². The van der Waals surface area contributed by atoms with Crippen molar-refractivity contribution in [2.75, 3.05) is 16.8 Å². The number of thiazole rings is 1. The van der Waals surface area contributed by atoms with Crippen molar-refractivity contribution in [2.24, 2.45) is 0 Å². The molecular weight excluding hydrogens is 320 g/mol. The molecule has 0 bridgehead atoms. The van der Waals surface area contributed by atoms with Gasteiger partial charge >= 0.3 is 0 Å². The molecule has 120 valence electrons. The van der Waals surface area contributed by atoms with Gasteiger partial charge in [-0.15, -0.1) is 11.3 Å². The Hall–Kier alpha value is -1.41. The SMILES string of the molecule is CCc1cnc(NCc2cnn([C@@]3(C)CCS(=O)(=O)C3)c2)s1. The summed E-state index contributed by atoms with van der Waals surface area (Å²) >= 11 is 1.65. The van der Waals surface area contributed by atoms with Crippen LogP contribution in [0.1, 0.15) is 30.7 Å². The Balaban J connectivity index is 1.66. The topological polar surface area (TPSA) is 76.9 Å². The van der Waals surface area contributed by atoms with Crippen molar-refractivity contribution >= 4 is 26.3 Å². The van der Waals surface area contributed by atoms with Crippen molar-refractivity contribution < 1.29 is 8.42 Å². The zero-order valence-corrected chi connectivity index (χ0v) is 14.4. The monoisotopic (exact) mass is 340 g/mol. The molecule has 22 heavy (non-hydrogen) atoms. The van der Waals surface area contributed by atoms with Gasteiger partial charge in [-0.3, -0.25) is 4.68 Å². The Labute approximate surface area is 134 Å². The first-order valence-electron chi connectivity index (χ1n) is 7.33. The number of nitrogens with zero attached hydrogens (tertiary/aromatic N) is 3. The van der Waals surface area contributed by atoms with Crippen LogP contribution >= 0.6 is 11.3 Å². The first-order valence-corrected chi connectivity index (χ1v) is 9.97. The predicted octanol–water partition coefficient (Wildman–Crippen LogP) is 2.05. The van der Waals surface area contributed by atoms with Gasteiger partial charge < -0.3 is 5.32 Å². The molecule has 8 heteroatoms. The highest BCUT2D eigenvalue weighted by atomic mass is 32.2. The Morgan fingerprint density at radius 2 is 2.27 bits per heavy atom. The molecule has 2 aromatic heterocycles. The van der Waals surface area contributed by atoms with Crippen LogP contribution in [0.15, 0.2) is 18.6 Å². The van der Waals surface area contributed by atoms with Crippen LogP contribution in [0.4, 0.5) is 5.13 Å². The van der Waals surface area contributed by atoms with Gasteiger partial charge in [0.2, 0.25) is 0 Å². The van der Waals surface area contributed by atoms with E-state index in [1.165, 1.54) is 4.88 Å². The second kappa shape index (κ2) is 5.66. The summed E-state index contributed by atoms with van der Waals surface area (Å²) < 4.78 is 25.2. The molecule has 3 heterocycles. The average molecular weight is 340 g/mol. The molecule has 0 radical (unpaired) electrons. The molecule has 1 saturated heterocycles. The van der Waals surface area contributed by atoms with E-state index in [-0.39, 0.29) is 11.5 Å². The summed E-state index contributed by atoms with van der Waals surface area (Å²) in [6.07, 6.45) is 7.22. The number of rotatable bonds is 5. The van der Waals surface area contributed by atoms with Gasteiger partial charge in [0.15, 0.2) is 15.0 Å². The zero-order chi connectivity index (χ0) is 15.8. The quantitative estimate of drug-likeness (QED) is 0.901. The summed E-state index contributed by atoms with van der Waals surface area (Å²) in [6.45, 7) is 4.70. The molecule has 0 unspecified atom stereocenters. The Kier molecular flexibility index (Phi) is 3.98. The van der Waals surface area contributed by atoms with Crippen LogP contribution in [-0.2, 0) is 28.3 Å². The largest absolute Gasteiger partial charge is 0.357 e. The van der Waals surface area contributed by atoms with E-state index < -0.39 is 15.4 Å². The van der Waals surface area contributed by atoms with Crippen molar-refractivity contribution in [3.05, 3.63) is 29.0 Å². The standard InChI is InChI=1S/C14H20N4O2S2/c1-3-12-8-16-13(21-12)15-6-11-7-17-18(9-11)14(2)4-5-22(19,20)10-14/h7-9H,3-6,10H2,1-2H3,(H,15,16)/t14-/m0/s1. The van der Waals surface area contributed by atoms with Crippen LogP contribution in [0.3, 0.4) is 0 Å².